The van der Waals surface area contributed by atoms with Crippen LogP contribution in [0.4, 0.5) is 14.5 Å². The van der Waals surface area contributed by atoms with Gasteiger partial charge in [0.25, 0.3) is 0 Å². The zero-order valence-corrected chi connectivity index (χ0v) is 16.8. The third kappa shape index (κ3) is 5.76. The molecule has 26 heavy (non-hydrogen) atoms. The van der Waals surface area contributed by atoms with Gasteiger partial charge >= 0.3 is 0 Å². The number of hydrogen-bond acceptors (Lipinski definition) is 3. The van der Waals surface area contributed by atoms with Crippen LogP contribution in [0.25, 0.3) is 0 Å². The van der Waals surface area contributed by atoms with E-state index in [9.17, 15) is 8.78 Å². The Morgan fingerprint density at radius 1 is 1.27 bits per heavy atom. The van der Waals surface area contributed by atoms with Gasteiger partial charge in [0.1, 0.15) is 17.7 Å². The zero-order chi connectivity index (χ0) is 19.3. The van der Waals surface area contributed by atoms with Crippen LogP contribution in [0.3, 0.4) is 0 Å². The molecule has 0 saturated heterocycles. The van der Waals surface area contributed by atoms with Crippen molar-refractivity contribution in [1.82, 2.24) is 9.88 Å². The summed E-state index contributed by atoms with van der Waals surface area (Å²) in [6.45, 7) is 6.57. The molecule has 0 amide bonds. The molecule has 0 aliphatic heterocycles. The Morgan fingerprint density at radius 2 is 1.92 bits per heavy atom. The van der Waals surface area contributed by atoms with E-state index >= 15 is 0 Å². The van der Waals surface area contributed by atoms with E-state index in [0.29, 0.717) is 22.3 Å². The van der Waals surface area contributed by atoms with Gasteiger partial charge in [0.2, 0.25) is 5.88 Å². The quantitative estimate of drug-likeness (QED) is 0.459. The second-order valence-electron chi connectivity index (χ2n) is 6.11. The number of benzene rings is 1. The highest BCUT2D eigenvalue weighted by atomic mass is 79.9. The van der Waals surface area contributed by atoms with E-state index in [-0.39, 0.29) is 6.10 Å². The van der Waals surface area contributed by atoms with Crippen LogP contribution in [0.1, 0.15) is 25.1 Å². The fourth-order valence-electron chi connectivity index (χ4n) is 2.30. The highest BCUT2D eigenvalue weighted by Gasteiger charge is 2.13. The molecular formula is C19H22BrF2N3O. The van der Waals surface area contributed by atoms with Gasteiger partial charge in [-0.2, -0.15) is 0 Å². The van der Waals surface area contributed by atoms with Crippen molar-refractivity contribution >= 4 is 28.0 Å². The fraction of sp³-hybridized carbons (Fsp3) is 0.368. The molecule has 2 rings (SSSR count). The first-order valence-corrected chi connectivity index (χ1v) is 9.11. The number of halogens is 3. The lowest BCUT2D eigenvalue weighted by atomic mass is 10.1. The van der Waals surface area contributed by atoms with Crippen LogP contribution in [0.2, 0.25) is 0 Å². The average Bonchev–Trinajstić information content (AvgIpc) is 2.55. The highest BCUT2D eigenvalue weighted by Crippen LogP contribution is 2.30. The monoisotopic (exact) mass is 425 g/mol. The van der Waals surface area contributed by atoms with Crippen molar-refractivity contribution in [3.63, 3.8) is 0 Å². The van der Waals surface area contributed by atoms with Gasteiger partial charge in [-0.05, 0) is 60.5 Å². The molecular weight excluding hydrogens is 404 g/mol. The van der Waals surface area contributed by atoms with E-state index in [4.69, 9.17) is 4.74 Å². The van der Waals surface area contributed by atoms with Crippen LogP contribution in [0.5, 0.6) is 5.88 Å². The maximum Gasteiger partial charge on any atom is 0.228 e. The van der Waals surface area contributed by atoms with Crippen molar-refractivity contribution in [3.8, 4) is 5.88 Å². The summed E-state index contributed by atoms with van der Waals surface area (Å²) >= 11 is 3.45. The zero-order valence-electron chi connectivity index (χ0n) is 15.3. The van der Waals surface area contributed by atoms with Crippen molar-refractivity contribution in [2.24, 2.45) is 4.99 Å². The Balaban J connectivity index is 2.11. The lowest BCUT2D eigenvalue weighted by Crippen LogP contribution is -2.16. The van der Waals surface area contributed by atoms with Crippen LogP contribution < -0.4 is 4.74 Å². The number of aryl methyl sites for hydroxylation is 1. The van der Waals surface area contributed by atoms with Gasteiger partial charge in [-0.25, -0.2) is 18.8 Å². The normalized spacial score (nSPS) is 12.4. The first-order valence-electron chi connectivity index (χ1n) is 8.31. The smallest absolute Gasteiger partial charge is 0.228 e. The standard InChI is InChI=1S/C19H22BrF2N3O/c1-5-25(4)11-23-18-10-17(20)19(24-13(18)3)26-12(2)6-14-7-15(21)9-16(22)8-14/h7-12H,5-6H2,1-4H3. The molecule has 0 N–H and O–H groups in total. The van der Waals surface area contributed by atoms with E-state index in [2.05, 4.69) is 25.9 Å². The molecule has 1 aromatic carbocycles. The van der Waals surface area contributed by atoms with Crippen molar-refractivity contribution in [2.75, 3.05) is 13.6 Å². The number of rotatable bonds is 7. The molecule has 0 radical (unpaired) electrons. The molecule has 0 spiro atoms. The van der Waals surface area contributed by atoms with E-state index in [1.165, 1.54) is 12.1 Å². The highest BCUT2D eigenvalue weighted by molar-refractivity contribution is 9.10. The van der Waals surface area contributed by atoms with Gasteiger partial charge < -0.3 is 9.64 Å². The van der Waals surface area contributed by atoms with E-state index < -0.39 is 11.6 Å². The summed E-state index contributed by atoms with van der Waals surface area (Å²) in [5.41, 5.74) is 2.00. The Kier molecular flexibility index (Phi) is 7.08. The topological polar surface area (TPSA) is 37.7 Å². The van der Waals surface area contributed by atoms with Crippen LogP contribution in [-0.4, -0.2) is 35.9 Å². The van der Waals surface area contributed by atoms with E-state index in [1.54, 1.807) is 6.34 Å². The molecule has 1 aromatic heterocycles. The summed E-state index contributed by atoms with van der Waals surface area (Å²) in [6.07, 6.45) is 1.81. The average molecular weight is 426 g/mol. The Hall–Kier alpha value is -2.02. The van der Waals surface area contributed by atoms with Gasteiger partial charge in [0, 0.05) is 26.1 Å². The first-order chi connectivity index (χ1) is 12.3. The predicted octanol–water partition coefficient (Wildman–Crippen LogP) is 5.05. The third-order valence-electron chi connectivity index (χ3n) is 3.76. The van der Waals surface area contributed by atoms with Crippen molar-refractivity contribution in [2.45, 2.75) is 33.3 Å². The minimum absolute atomic E-state index is 0.306. The van der Waals surface area contributed by atoms with Gasteiger partial charge in [-0.1, -0.05) is 0 Å². The molecule has 140 valence electrons. The number of hydrogen-bond donors (Lipinski definition) is 0. The summed E-state index contributed by atoms with van der Waals surface area (Å²) in [7, 11) is 1.94. The minimum atomic E-state index is -0.596. The summed E-state index contributed by atoms with van der Waals surface area (Å²) in [4.78, 5) is 10.8. The third-order valence-corrected chi connectivity index (χ3v) is 4.33. The van der Waals surface area contributed by atoms with Crippen molar-refractivity contribution in [3.05, 3.63) is 51.6 Å². The summed E-state index contributed by atoms with van der Waals surface area (Å²) in [5, 5.41) is 0. The van der Waals surface area contributed by atoms with Crippen molar-refractivity contribution in [1.29, 1.82) is 0 Å². The Bertz CT molecular complexity index is 778. The number of pyridine rings is 1. The summed E-state index contributed by atoms with van der Waals surface area (Å²) < 4.78 is 33.1. The maximum absolute atomic E-state index is 13.3. The van der Waals surface area contributed by atoms with Gasteiger partial charge in [0.05, 0.1) is 22.2 Å². The lowest BCUT2D eigenvalue weighted by molar-refractivity contribution is 0.211. The molecule has 1 atom stereocenters. The minimum Gasteiger partial charge on any atom is -0.473 e. The summed E-state index contributed by atoms with van der Waals surface area (Å²) in [5.74, 6) is -0.766. The van der Waals surface area contributed by atoms with E-state index in [0.717, 1.165) is 24.0 Å². The van der Waals surface area contributed by atoms with Crippen LogP contribution in [0.15, 0.2) is 33.7 Å². The summed E-state index contributed by atoms with van der Waals surface area (Å²) in [6, 6.07) is 5.30. The molecule has 0 aliphatic carbocycles. The van der Waals surface area contributed by atoms with Gasteiger partial charge in [-0.15, -0.1) is 0 Å². The largest absolute Gasteiger partial charge is 0.473 e. The number of aromatic nitrogens is 1. The molecule has 1 unspecified atom stereocenters. The molecule has 2 aromatic rings. The molecule has 4 nitrogen and oxygen atoms in total. The Morgan fingerprint density at radius 3 is 2.54 bits per heavy atom. The molecule has 7 heteroatoms. The fourth-order valence-corrected chi connectivity index (χ4v) is 2.70. The first kappa shape index (κ1) is 20.3. The number of nitrogens with zero attached hydrogens (tertiary/aromatic N) is 3. The van der Waals surface area contributed by atoms with Crippen LogP contribution in [-0.2, 0) is 6.42 Å². The molecule has 0 fully saturated rings. The predicted molar refractivity (Wildman–Crippen MR) is 103 cm³/mol. The van der Waals surface area contributed by atoms with Crippen molar-refractivity contribution < 1.29 is 13.5 Å². The van der Waals surface area contributed by atoms with Gasteiger partial charge in [0.15, 0.2) is 0 Å². The van der Waals surface area contributed by atoms with Crippen LogP contribution >= 0.6 is 15.9 Å². The molecule has 0 saturated carbocycles. The van der Waals surface area contributed by atoms with Crippen LogP contribution in [0, 0.1) is 18.6 Å². The number of aliphatic imine (C=N–C) groups is 1. The molecule has 0 aliphatic rings. The second kappa shape index (κ2) is 9.07. The SMILES string of the molecule is CCN(C)C=Nc1cc(Br)c(OC(C)Cc2cc(F)cc(F)c2)nc1C. The van der Waals surface area contributed by atoms with Gasteiger partial charge in [-0.3, -0.25) is 0 Å². The second-order valence-corrected chi connectivity index (χ2v) is 6.96. The maximum atomic E-state index is 13.3. The number of ether oxygens (including phenoxy) is 1. The van der Waals surface area contributed by atoms with E-state index in [1.807, 2.05) is 38.8 Å². The molecule has 1 heterocycles. The Labute approximate surface area is 161 Å². The molecule has 0 bridgehead atoms. The lowest BCUT2D eigenvalue weighted by Gasteiger charge is -2.16.